The summed E-state index contributed by atoms with van der Waals surface area (Å²) in [4.78, 5) is 10.3. The summed E-state index contributed by atoms with van der Waals surface area (Å²) in [6.07, 6.45) is -1.51. The Morgan fingerprint density at radius 1 is 1.62 bits per heavy atom. The van der Waals surface area contributed by atoms with E-state index >= 15 is 0 Å². The van der Waals surface area contributed by atoms with Crippen molar-refractivity contribution >= 4 is 27.5 Å². The molecule has 1 unspecified atom stereocenters. The highest BCUT2D eigenvalue weighted by Crippen LogP contribution is 1.88. The van der Waals surface area contributed by atoms with E-state index in [4.69, 9.17) is 16.7 Å². The molecule has 0 aliphatic rings. The third-order valence-corrected chi connectivity index (χ3v) is 2.93. The van der Waals surface area contributed by atoms with Gasteiger partial charge in [-0.1, -0.05) is 0 Å². The summed E-state index contributed by atoms with van der Waals surface area (Å²) in [5.74, 6) is -1.30. The number of carbonyl (C=O) groups is 1. The van der Waals surface area contributed by atoms with Gasteiger partial charge in [-0.15, -0.1) is 11.6 Å². The van der Waals surface area contributed by atoms with Gasteiger partial charge in [-0.05, 0) is 0 Å². The van der Waals surface area contributed by atoms with Crippen molar-refractivity contribution < 1.29 is 18.3 Å². The first-order valence-corrected chi connectivity index (χ1v) is 5.58. The molecule has 0 saturated carbocycles. The van der Waals surface area contributed by atoms with E-state index in [-0.39, 0.29) is 11.6 Å². The number of amides is 1. The van der Waals surface area contributed by atoms with Crippen LogP contribution in [0.2, 0.25) is 0 Å². The highest BCUT2D eigenvalue weighted by Gasteiger charge is 2.15. The summed E-state index contributed by atoms with van der Waals surface area (Å²) in [6, 6.07) is 0. The summed E-state index contributed by atoms with van der Waals surface area (Å²) >= 11 is 5.19. The summed E-state index contributed by atoms with van der Waals surface area (Å²) in [5.41, 5.74) is 4.69. The van der Waals surface area contributed by atoms with E-state index in [1.54, 1.807) is 0 Å². The van der Waals surface area contributed by atoms with Gasteiger partial charge >= 0.3 is 0 Å². The second-order valence-electron chi connectivity index (χ2n) is 2.27. The summed E-state index contributed by atoms with van der Waals surface area (Å²) in [5, 5.41) is 8.82. The summed E-state index contributed by atoms with van der Waals surface area (Å²) < 4.78 is 23.8. The molecule has 0 radical (unpaired) electrons. The molecule has 0 saturated heterocycles. The minimum atomic E-state index is -3.51. The fourth-order valence-corrected chi connectivity index (χ4v) is 1.85. The third kappa shape index (κ3) is 5.81. The number of sulfonamides is 1. The maximum Gasteiger partial charge on any atom is 0.247 e. The lowest BCUT2D eigenvalue weighted by atomic mass is 10.3. The molecule has 0 fully saturated rings. The number of aliphatic hydroxyl groups is 1. The van der Waals surface area contributed by atoms with Crippen molar-refractivity contribution in [1.82, 2.24) is 4.72 Å². The lowest BCUT2D eigenvalue weighted by Crippen LogP contribution is -2.40. The Balaban J connectivity index is 3.95. The SMILES string of the molecule is NC(=O)C(O)CNS(=O)(=O)CCCl. The van der Waals surface area contributed by atoms with E-state index in [1.165, 1.54) is 0 Å². The van der Waals surface area contributed by atoms with Gasteiger partial charge in [0.1, 0.15) is 6.10 Å². The molecular weight excluding hydrogens is 220 g/mol. The Hall–Kier alpha value is -0.370. The molecule has 0 heterocycles. The number of aliphatic hydroxyl groups excluding tert-OH is 1. The molecule has 1 amide bonds. The van der Waals surface area contributed by atoms with Gasteiger partial charge in [-0.2, -0.15) is 0 Å². The number of carbonyl (C=O) groups excluding carboxylic acids is 1. The number of alkyl halides is 1. The first kappa shape index (κ1) is 12.6. The van der Waals surface area contributed by atoms with E-state index in [2.05, 4.69) is 5.73 Å². The van der Waals surface area contributed by atoms with Crippen LogP contribution in [0.4, 0.5) is 0 Å². The van der Waals surface area contributed by atoms with Crippen LogP contribution in [0.5, 0.6) is 0 Å². The first-order chi connectivity index (χ1) is 5.89. The normalized spacial score (nSPS) is 14.0. The van der Waals surface area contributed by atoms with Crippen LogP contribution in [0.1, 0.15) is 0 Å². The van der Waals surface area contributed by atoms with E-state index in [0.29, 0.717) is 0 Å². The predicted molar refractivity (Wildman–Crippen MR) is 47.7 cm³/mol. The average molecular weight is 231 g/mol. The molecule has 1 atom stereocenters. The molecule has 4 N–H and O–H groups in total. The molecule has 0 aliphatic heterocycles. The lowest BCUT2D eigenvalue weighted by Gasteiger charge is -2.07. The number of rotatable bonds is 6. The van der Waals surface area contributed by atoms with Crippen LogP contribution in [0.25, 0.3) is 0 Å². The van der Waals surface area contributed by atoms with E-state index in [1.807, 2.05) is 4.72 Å². The van der Waals surface area contributed by atoms with Crippen LogP contribution < -0.4 is 10.5 Å². The predicted octanol–water partition coefficient (Wildman–Crippen LogP) is -2.01. The second-order valence-corrected chi connectivity index (χ2v) is 4.58. The van der Waals surface area contributed by atoms with Crippen molar-refractivity contribution in [1.29, 1.82) is 0 Å². The quantitative estimate of drug-likeness (QED) is 0.458. The molecule has 0 aromatic carbocycles. The largest absolute Gasteiger partial charge is 0.382 e. The summed E-state index contributed by atoms with van der Waals surface area (Å²) in [7, 11) is -3.51. The molecule has 8 heteroatoms. The van der Waals surface area contributed by atoms with E-state index in [9.17, 15) is 13.2 Å². The fraction of sp³-hybridized carbons (Fsp3) is 0.800. The molecule has 0 bridgehead atoms. The number of hydrogen-bond acceptors (Lipinski definition) is 4. The lowest BCUT2D eigenvalue weighted by molar-refractivity contribution is -0.125. The van der Waals surface area contributed by atoms with Crippen LogP contribution in [0, 0.1) is 0 Å². The highest BCUT2D eigenvalue weighted by molar-refractivity contribution is 7.89. The molecule has 0 spiro atoms. The van der Waals surface area contributed by atoms with Crippen molar-refractivity contribution in [3.63, 3.8) is 0 Å². The van der Waals surface area contributed by atoms with Crippen LogP contribution in [-0.2, 0) is 14.8 Å². The van der Waals surface area contributed by atoms with Crippen molar-refractivity contribution in [2.24, 2.45) is 5.73 Å². The minimum Gasteiger partial charge on any atom is -0.382 e. The maximum absolute atomic E-state index is 10.9. The first-order valence-electron chi connectivity index (χ1n) is 3.39. The van der Waals surface area contributed by atoms with Gasteiger partial charge in [0.15, 0.2) is 0 Å². The Morgan fingerprint density at radius 2 is 2.15 bits per heavy atom. The maximum atomic E-state index is 10.9. The summed E-state index contributed by atoms with van der Waals surface area (Å²) in [6.45, 7) is -0.422. The minimum absolute atomic E-state index is 0.0536. The Kier molecular flexibility index (Phi) is 5.23. The van der Waals surface area contributed by atoms with Gasteiger partial charge in [0.2, 0.25) is 15.9 Å². The average Bonchev–Trinajstić information content (AvgIpc) is 2.00. The zero-order valence-corrected chi connectivity index (χ0v) is 8.31. The van der Waals surface area contributed by atoms with Crippen LogP contribution in [-0.4, -0.2) is 43.7 Å². The van der Waals surface area contributed by atoms with Gasteiger partial charge in [-0.3, -0.25) is 4.79 Å². The fourth-order valence-electron chi connectivity index (χ4n) is 0.480. The van der Waals surface area contributed by atoms with Crippen LogP contribution >= 0.6 is 11.6 Å². The topological polar surface area (TPSA) is 109 Å². The van der Waals surface area contributed by atoms with Crippen LogP contribution in [0.3, 0.4) is 0 Å². The molecule has 6 nitrogen and oxygen atoms in total. The third-order valence-electron chi connectivity index (χ3n) is 1.17. The van der Waals surface area contributed by atoms with E-state index in [0.717, 1.165) is 0 Å². The highest BCUT2D eigenvalue weighted by atomic mass is 35.5. The van der Waals surface area contributed by atoms with Gasteiger partial charge in [0, 0.05) is 12.4 Å². The Bertz CT molecular complexity index is 266. The monoisotopic (exact) mass is 230 g/mol. The van der Waals surface area contributed by atoms with Crippen molar-refractivity contribution in [3.05, 3.63) is 0 Å². The zero-order valence-electron chi connectivity index (χ0n) is 6.73. The van der Waals surface area contributed by atoms with Crippen molar-refractivity contribution in [3.8, 4) is 0 Å². The molecule has 13 heavy (non-hydrogen) atoms. The van der Waals surface area contributed by atoms with E-state index < -0.39 is 28.6 Å². The van der Waals surface area contributed by atoms with Crippen molar-refractivity contribution in [2.75, 3.05) is 18.2 Å². The molecule has 0 aromatic rings. The number of primary amides is 1. The number of nitrogens with two attached hydrogens (primary N) is 1. The Labute approximate surface area is 81.1 Å². The molecule has 78 valence electrons. The van der Waals surface area contributed by atoms with Gasteiger partial charge in [0.05, 0.1) is 5.75 Å². The van der Waals surface area contributed by atoms with Crippen molar-refractivity contribution in [2.45, 2.75) is 6.10 Å². The van der Waals surface area contributed by atoms with Gasteiger partial charge < -0.3 is 10.8 Å². The number of hydrogen-bond donors (Lipinski definition) is 3. The molecule has 0 aliphatic carbocycles. The van der Waals surface area contributed by atoms with Gasteiger partial charge in [0.25, 0.3) is 0 Å². The second kappa shape index (κ2) is 5.38. The van der Waals surface area contributed by atoms with Crippen LogP contribution in [0.15, 0.2) is 0 Å². The van der Waals surface area contributed by atoms with Gasteiger partial charge in [-0.25, -0.2) is 13.1 Å². The molecular formula is C5H11ClN2O4S. The number of nitrogens with one attached hydrogen (secondary N) is 1. The standard InChI is InChI=1S/C5H11ClN2O4S/c6-1-2-13(11,12)8-3-4(9)5(7)10/h4,8-9H,1-3H2,(H2,7,10). The Morgan fingerprint density at radius 3 is 2.54 bits per heavy atom. The zero-order chi connectivity index (χ0) is 10.5. The molecule has 0 rings (SSSR count). The number of halogens is 1. The molecule has 0 aromatic heterocycles. The smallest absolute Gasteiger partial charge is 0.247 e.